The molecule has 1 aliphatic heterocycles. The molecule has 18 heavy (non-hydrogen) atoms. The number of carboxylic acid groups (broad SMARTS) is 1. The van der Waals surface area contributed by atoms with Crippen molar-refractivity contribution in [2.45, 2.75) is 39.2 Å². The third-order valence-corrected chi connectivity index (χ3v) is 4.74. The first-order valence-corrected chi connectivity index (χ1v) is 5.80. The molecule has 1 unspecified atom stereocenters. The molecule has 1 saturated carbocycles. The zero-order valence-electron chi connectivity index (χ0n) is 10.6. The number of carbonyl (C=O) groups excluding carboxylic acids is 2. The molecule has 0 aromatic heterocycles. The van der Waals surface area contributed by atoms with Crippen molar-refractivity contribution in [2.75, 3.05) is 6.61 Å². The molecule has 1 N–H and O–H groups in total. The van der Waals surface area contributed by atoms with Crippen molar-refractivity contribution in [2.24, 2.45) is 10.8 Å². The summed E-state index contributed by atoms with van der Waals surface area (Å²) in [6.07, 6.45) is 0.918. The van der Waals surface area contributed by atoms with Gasteiger partial charge in [-0.15, -0.1) is 0 Å². The van der Waals surface area contributed by atoms with E-state index in [1.165, 1.54) is 0 Å². The van der Waals surface area contributed by atoms with Gasteiger partial charge < -0.3 is 14.6 Å². The van der Waals surface area contributed by atoms with E-state index in [9.17, 15) is 14.4 Å². The Bertz CT molecular complexity index is 440. The number of aliphatic carboxylic acids is 1. The van der Waals surface area contributed by atoms with Crippen molar-refractivity contribution >= 4 is 17.9 Å². The van der Waals surface area contributed by atoms with E-state index in [2.05, 4.69) is 0 Å². The Morgan fingerprint density at radius 1 is 1.33 bits per heavy atom. The summed E-state index contributed by atoms with van der Waals surface area (Å²) in [5.41, 5.74) is -2.75. The van der Waals surface area contributed by atoms with E-state index >= 15 is 0 Å². The average Bonchev–Trinajstić information content (AvgIpc) is 2.56. The molecule has 0 aromatic rings. The zero-order chi connectivity index (χ0) is 13.8. The van der Waals surface area contributed by atoms with Gasteiger partial charge in [0.05, 0.1) is 5.41 Å². The van der Waals surface area contributed by atoms with Crippen molar-refractivity contribution in [1.29, 1.82) is 0 Å². The lowest BCUT2D eigenvalue weighted by molar-refractivity contribution is -0.185. The summed E-state index contributed by atoms with van der Waals surface area (Å²) in [7, 11) is 0. The number of carboxylic acids is 1. The first kappa shape index (κ1) is 12.9. The van der Waals surface area contributed by atoms with Crippen LogP contribution in [0, 0.1) is 10.8 Å². The molecule has 2 bridgehead atoms. The van der Waals surface area contributed by atoms with Gasteiger partial charge in [0.1, 0.15) is 0 Å². The molecule has 2 atom stereocenters. The van der Waals surface area contributed by atoms with Crippen molar-refractivity contribution < 1.29 is 29.0 Å². The van der Waals surface area contributed by atoms with E-state index in [0.29, 0.717) is 12.8 Å². The number of hydrogen-bond donors (Lipinski definition) is 1. The maximum Gasteiger partial charge on any atom is 0.351 e. The molecular weight excluding hydrogens is 240 g/mol. The third-order valence-electron chi connectivity index (χ3n) is 4.74. The monoisotopic (exact) mass is 256 g/mol. The highest BCUT2D eigenvalue weighted by atomic mass is 16.6. The zero-order valence-corrected chi connectivity index (χ0v) is 10.6. The normalized spacial score (nSPS) is 36.3. The van der Waals surface area contributed by atoms with Crippen LogP contribution < -0.4 is 0 Å². The fraction of sp³-hybridized carbons (Fsp3) is 0.750. The quantitative estimate of drug-likeness (QED) is 0.749. The second kappa shape index (κ2) is 3.46. The van der Waals surface area contributed by atoms with Gasteiger partial charge in [-0.25, -0.2) is 9.59 Å². The van der Waals surface area contributed by atoms with Crippen LogP contribution in [0.4, 0.5) is 0 Å². The first-order chi connectivity index (χ1) is 8.17. The van der Waals surface area contributed by atoms with E-state index < -0.39 is 40.9 Å². The minimum absolute atomic E-state index is 0.376. The molecule has 6 nitrogen and oxygen atoms in total. The number of fused-ring (bicyclic) bond motifs is 2. The van der Waals surface area contributed by atoms with Crippen LogP contribution in [-0.4, -0.2) is 35.2 Å². The average molecular weight is 256 g/mol. The smallest absolute Gasteiger partial charge is 0.351 e. The van der Waals surface area contributed by atoms with Gasteiger partial charge in [-0.1, -0.05) is 13.8 Å². The van der Waals surface area contributed by atoms with Crippen LogP contribution in [0.2, 0.25) is 0 Å². The molecule has 2 fully saturated rings. The minimum Gasteiger partial charge on any atom is -0.479 e. The van der Waals surface area contributed by atoms with Crippen LogP contribution in [-0.2, 0) is 23.9 Å². The minimum atomic E-state index is -1.34. The topological polar surface area (TPSA) is 89.9 Å². The third kappa shape index (κ3) is 1.26. The summed E-state index contributed by atoms with van der Waals surface area (Å²) in [5, 5.41) is 8.52. The van der Waals surface area contributed by atoms with E-state index in [-0.39, 0.29) is 0 Å². The maximum absolute atomic E-state index is 12.1. The molecule has 0 radical (unpaired) electrons. The molecule has 1 heterocycles. The fourth-order valence-corrected chi connectivity index (χ4v) is 2.95. The number of rotatable bonds is 3. The second-order valence-corrected chi connectivity index (χ2v) is 5.64. The van der Waals surface area contributed by atoms with Crippen molar-refractivity contribution in [3.8, 4) is 0 Å². The first-order valence-electron chi connectivity index (χ1n) is 5.80. The van der Waals surface area contributed by atoms with Crippen LogP contribution >= 0.6 is 0 Å². The molecule has 1 aliphatic carbocycles. The fourth-order valence-electron chi connectivity index (χ4n) is 2.95. The number of carbonyl (C=O) groups is 3. The summed E-state index contributed by atoms with van der Waals surface area (Å²) >= 11 is 0. The Kier molecular flexibility index (Phi) is 2.47. The van der Waals surface area contributed by atoms with Crippen LogP contribution in [0.25, 0.3) is 0 Å². The highest BCUT2D eigenvalue weighted by Crippen LogP contribution is 2.65. The molecule has 1 saturated heterocycles. The summed E-state index contributed by atoms with van der Waals surface area (Å²) in [5.74, 6) is -2.40. The van der Waals surface area contributed by atoms with Crippen molar-refractivity contribution in [3.05, 3.63) is 0 Å². The van der Waals surface area contributed by atoms with Gasteiger partial charge in [-0.2, -0.15) is 0 Å². The van der Waals surface area contributed by atoms with Gasteiger partial charge in [0.25, 0.3) is 0 Å². The number of hydrogen-bond acceptors (Lipinski definition) is 5. The Labute approximate surface area is 104 Å². The Morgan fingerprint density at radius 2 is 1.94 bits per heavy atom. The van der Waals surface area contributed by atoms with E-state index in [1.807, 2.05) is 0 Å². The molecule has 0 amide bonds. The molecule has 100 valence electrons. The summed E-state index contributed by atoms with van der Waals surface area (Å²) in [4.78, 5) is 34.4. The van der Waals surface area contributed by atoms with E-state index in [4.69, 9.17) is 14.6 Å². The molecule has 6 heteroatoms. The lowest BCUT2D eigenvalue weighted by Gasteiger charge is -2.34. The van der Waals surface area contributed by atoms with E-state index in [0.717, 1.165) is 0 Å². The Hall–Kier alpha value is -1.59. The SMILES string of the molecule is CC1(C)C2(C(=O)OCC(=O)O)CC[C@]1(C)C(=O)O2. The van der Waals surface area contributed by atoms with Crippen LogP contribution in [0.3, 0.4) is 0 Å². The second-order valence-electron chi connectivity index (χ2n) is 5.64. The predicted molar refractivity (Wildman–Crippen MR) is 58.5 cm³/mol. The van der Waals surface area contributed by atoms with Crippen LogP contribution in [0.1, 0.15) is 33.6 Å². The maximum atomic E-state index is 12.1. The summed E-state index contributed by atoms with van der Waals surface area (Å²) in [6, 6.07) is 0. The van der Waals surface area contributed by atoms with E-state index in [1.54, 1.807) is 20.8 Å². The molecule has 0 aromatic carbocycles. The molecule has 0 spiro atoms. The number of ether oxygens (including phenoxy) is 2. The van der Waals surface area contributed by atoms with Crippen LogP contribution in [0.5, 0.6) is 0 Å². The standard InChI is InChI=1S/C12H16O6/c1-10(2)11(3)4-5-12(10,18-8(11)15)9(16)17-6-7(13)14/h4-6H2,1-3H3,(H,13,14)/t11-,12?/m1/s1. The summed E-state index contributed by atoms with van der Waals surface area (Å²) < 4.78 is 9.98. The molecule has 2 rings (SSSR count). The van der Waals surface area contributed by atoms with Gasteiger partial charge in [0.15, 0.2) is 6.61 Å². The lowest BCUT2D eigenvalue weighted by atomic mass is 9.66. The van der Waals surface area contributed by atoms with Crippen molar-refractivity contribution in [1.82, 2.24) is 0 Å². The van der Waals surface area contributed by atoms with Gasteiger partial charge in [0, 0.05) is 5.41 Å². The van der Waals surface area contributed by atoms with Gasteiger partial charge >= 0.3 is 17.9 Å². The predicted octanol–water partition coefficient (Wildman–Crippen LogP) is 0.736. The molecular formula is C12H16O6. The van der Waals surface area contributed by atoms with Gasteiger partial charge in [-0.3, -0.25) is 4.79 Å². The Balaban J connectivity index is 2.30. The van der Waals surface area contributed by atoms with Gasteiger partial charge in [0.2, 0.25) is 5.60 Å². The summed E-state index contributed by atoms with van der Waals surface area (Å²) in [6.45, 7) is 4.62. The Morgan fingerprint density at radius 3 is 2.33 bits per heavy atom. The lowest BCUT2D eigenvalue weighted by Crippen LogP contribution is -2.49. The highest BCUT2D eigenvalue weighted by Gasteiger charge is 2.76. The van der Waals surface area contributed by atoms with Crippen LogP contribution in [0.15, 0.2) is 0 Å². The largest absolute Gasteiger partial charge is 0.479 e. The van der Waals surface area contributed by atoms with Gasteiger partial charge in [-0.05, 0) is 19.8 Å². The highest BCUT2D eigenvalue weighted by molar-refractivity contribution is 5.94. The van der Waals surface area contributed by atoms with Crippen molar-refractivity contribution in [3.63, 3.8) is 0 Å². The molecule has 2 aliphatic rings. The number of esters is 2.